The van der Waals surface area contributed by atoms with Gasteiger partial charge in [0.05, 0.1) is 0 Å². The van der Waals surface area contributed by atoms with Gasteiger partial charge in [0.15, 0.2) is 5.52 Å². The Bertz CT molecular complexity index is 942. The van der Waals surface area contributed by atoms with Crippen LogP contribution in [0.4, 0.5) is 0 Å². The zero-order chi connectivity index (χ0) is 16.6. The lowest BCUT2D eigenvalue weighted by molar-refractivity contribution is 0.0659. The van der Waals surface area contributed by atoms with E-state index in [1.54, 1.807) is 30.3 Å². The van der Waals surface area contributed by atoms with Gasteiger partial charge in [0.2, 0.25) is 5.76 Å². The molecule has 5 nitrogen and oxygen atoms in total. The van der Waals surface area contributed by atoms with Gasteiger partial charge in [-0.15, -0.1) is 0 Å². The van der Waals surface area contributed by atoms with Crippen LogP contribution in [-0.2, 0) is 0 Å². The number of fused-ring (bicyclic) bond motifs is 1. The van der Waals surface area contributed by atoms with Crippen LogP contribution in [0, 0.1) is 0 Å². The van der Waals surface area contributed by atoms with Crippen molar-refractivity contribution >= 4 is 16.9 Å². The fraction of sp³-hybridized carbons (Fsp3) is 0.167. The Hall–Kier alpha value is -2.95. The van der Waals surface area contributed by atoms with Crippen molar-refractivity contribution < 1.29 is 14.3 Å². The Balaban J connectivity index is 2.44. The van der Waals surface area contributed by atoms with Crippen molar-refractivity contribution in [3.63, 3.8) is 0 Å². The molecule has 0 aliphatic carbocycles. The van der Waals surface area contributed by atoms with Gasteiger partial charge in [-0.3, -0.25) is 0 Å². The molecule has 0 bridgehead atoms. The highest BCUT2D eigenvalue weighted by Crippen LogP contribution is 2.30. The highest BCUT2D eigenvalue weighted by molar-refractivity contribution is 6.03. The number of carboxylic acid groups (broad SMARTS) is 1. The topological polar surface area (TPSA) is 80.4 Å². The molecule has 1 N–H and O–H groups in total. The molecule has 0 spiro atoms. The number of nitrogens with zero attached hydrogens (tertiary/aromatic N) is 1. The summed E-state index contributed by atoms with van der Waals surface area (Å²) < 4.78 is 5.05. The molecule has 1 aromatic carbocycles. The second-order valence-corrected chi connectivity index (χ2v) is 5.55. The number of aromatic carboxylic acids is 1. The van der Waals surface area contributed by atoms with E-state index >= 15 is 0 Å². The molecule has 0 atom stereocenters. The average Bonchev–Trinajstić information content (AvgIpc) is 2.55. The lowest BCUT2D eigenvalue weighted by Gasteiger charge is -2.11. The van der Waals surface area contributed by atoms with Crippen LogP contribution in [-0.4, -0.2) is 16.1 Å². The third-order valence-electron chi connectivity index (χ3n) is 3.65. The average molecular weight is 309 g/mol. The Kier molecular flexibility index (Phi) is 3.70. The smallest absolute Gasteiger partial charge is 0.372 e. The second-order valence-electron chi connectivity index (χ2n) is 5.55. The molecule has 0 unspecified atom stereocenters. The van der Waals surface area contributed by atoms with Gasteiger partial charge in [-0.25, -0.2) is 14.6 Å². The molecule has 0 aliphatic heterocycles. The van der Waals surface area contributed by atoms with Crippen LogP contribution in [0.15, 0.2) is 51.7 Å². The van der Waals surface area contributed by atoms with Crippen LogP contribution < -0.4 is 5.63 Å². The molecule has 0 radical (unpaired) electrons. The zero-order valence-corrected chi connectivity index (χ0v) is 12.7. The van der Waals surface area contributed by atoms with Gasteiger partial charge >= 0.3 is 11.6 Å². The molecule has 116 valence electrons. The number of carboxylic acids is 1. The fourth-order valence-electron chi connectivity index (χ4n) is 2.51. The Labute approximate surface area is 132 Å². The van der Waals surface area contributed by atoms with Gasteiger partial charge in [-0.1, -0.05) is 44.2 Å². The Morgan fingerprint density at radius 3 is 2.43 bits per heavy atom. The normalized spacial score (nSPS) is 11.1. The minimum atomic E-state index is -1.28. The summed E-state index contributed by atoms with van der Waals surface area (Å²) in [6.07, 6.45) is 0. The van der Waals surface area contributed by atoms with E-state index in [0.717, 1.165) is 5.69 Å². The minimum absolute atomic E-state index is 0.151. The Morgan fingerprint density at radius 2 is 1.83 bits per heavy atom. The van der Waals surface area contributed by atoms with E-state index in [-0.39, 0.29) is 17.2 Å². The van der Waals surface area contributed by atoms with Crippen LogP contribution in [0.5, 0.6) is 0 Å². The predicted octanol–water partition coefficient (Wildman–Crippen LogP) is 3.68. The first kappa shape index (κ1) is 15.0. The standard InChI is InChI=1S/C18H15NO4/c1-10(2)13-9-8-12-14(11-6-4-3-5-7-11)16(17(20)21)23-18(22)15(12)19-13/h3-10H,1-2H3,(H,20,21). The Morgan fingerprint density at radius 1 is 1.13 bits per heavy atom. The molecule has 2 heterocycles. The SMILES string of the molecule is CC(C)c1ccc2c(-c3ccccc3)c(C(=O)O)oc(=O)c2n1. The summed E-state index contributed by atoms with van der Waals surface area (Å²) in [6.45, 7) is 3.94. The molecule has 0 saturated heterocycles. The lowest BCUT2D eigenvalue weighted by Crippen LogP contribution is -2.11. The van der Waals surface area contributed by atoms with Crippen molar-refractivity contribution in [2.75, 3.05) is 0 Å². The van der Waals surface area contributed by atoms with Gasteiger partial charge in [0, 0.05) is 16.6 Å². The molecule has 2 aromatic heterocycles. The summed E-state index contributed by atoms with van der Waals surface area (Å²) in [4.78, 5) is 28.0. The van der Waals surface area contributed by atoms with Gasteiger partial charge in [0.1, 0.15) is 0 Å². The van der Waals surface area contributed by atoms with E-state index in [4.69, 9.17) is 4.42 Å². The molecule has 0 fully saturated rings. The maximum atomic E-state index is 12.2. The van der Waals surface area contributed by atoms with Gasteiger partial charge in [0.25, 0.3) is 0 Å². The van der Waals surface area contributed by atoms with Crippen molar-refractivity contribution in [2.24, 2.45) is 0 Å². The quantitative estimate of drug-likeness (QED) is 0.798. The fourth-order valence-corrected chi connectivity index (χ4v) is 2.51. The molecule has 3 rings (SSSR count). The molecule has 23 heavy (non-hydrogen) atoms. The molecule has 0 aliphatic rings. The zero-order valence-electron chi connectivity index (χ0n) is 12.7. The number of aromatic nitrogens is 1. The van der Waals surface area contributed by atoms with Crippen molar-refractivity contribution in [2.45, 2.75) is 19.8 Å². The highest BCUT2D eigenvalue weighted by atomic mass is 16.4. The van der Waals surface area contributed by atoms with Crippen LogP contribution >= 0.6 is 0 Å². The first-order valence-electron chi connectivity index (χ1n) is 7.25. The molecule has 0 amide bonds. The summed E-state index contributed by atoms with van der Waals surface area (Å²) in [5, 5.41) is 9.88. The van der Waals surface area contributed by atoms with Crippen LogP contribution in [0.1, 0.15) is 36.0 Å². The summed E-state index contributed by atoms with van der Waals surface area (Å²) in [5.74, 6) is -1.50. The maximum absolute atomic E-state index is 12.2. The van der Waals surface area contributed by atoms with Gasteiger partial charge in [-0.2, -0.15) is 0 Å². The van der Waals surface area contributed by atoms with Crippen molar-refractivity contribution in [3.05, 3.63) is 64.3 Å². The first-order chi connectivity index (χ1) is 11.0. The van der Waals surface area contributed by atoms with E-state index < -0.39 is 11.6 Å². The van der Waals surface area contributed by atoms with Crippen LogP contribution in [0.2, 0.25) is 0 Å². The molecule has 5 heteroatoms. The summed E-state index contributed by atoms with van der Waals surface area (Å²) >= 11 is 0. The van der Waals surface area contributed by atoms with E-state index in [1.165, 1.54) is 0 Å². The van der Waals surface area contributed by atoms with E-state index in [0.29, 0.717) is 16.5 Å². The number of hydrogen-bond donors (Lipinski definition) is 1. The van der Waals surface area contributed by atoms with Crippen molar-refractivity contribution in [1.82, 2.24) is 4.98 Å². The third-order valence-corrected chi connectivity index (χ3v) is 3.65. The lowest BCUT2D eigenvalue weighted by atomic mass is 9.99. The molecular formula is C18H15NO4. The van der Waals surface area contributed by atoms with Gasteiger partial charge in [-0.05, 0) is 23.6 Å². The molecular weight excluding hydrogens is 294 g/mol. The van der Waals surface area contributed by atoms with Crippen molar-refractivity contribution in [1.29, 1.82) is 0 Å². The number of benzene rings is 1. The van der Waals surface area contributed by atoms with Gasteiger partial charge < -0.3 is 9.52 Å². The van der Waals surface area contributed by atoms with E-state index in [1.807, 2.05) is 26.0 Å². The molecule has 3 aromatic rings. The van der Waals surface area contributed by atoms with Crippen molar-refractivity contribution in [3.8, 4) is 11.1 Å². The summed E-state index contributed by atoms with van der Waals surface area (Å²) in [6, 6.07) is 12.5. The largest absolute Gasteiger partial charge is 0.475 e. The minimum Gasteiger partial charge on any atom is -0.475 e. The second kappa shape index (κ2) is 5.68. The van der Waals surface area contributed by atoms with E-state index in [2.05, 4.69) is 4.98 Å². The number of carbonyl (C=O) groups is 1. The number of hydrogen-bond acceptors (Lipinski definition) is 4. The van der Waals surface area contributed by atoms with Crippen LogP contribution in [0.25, 0.3) is 22.0 Å². The summed E-state index contributed by atoms with van der Waals surface area (Å²) in [5.41, 5.74) is 1.21. The predicted molar refractivity (Wildman–Crippen MR) is 86.8 cm³/mol. The first-order valence-corrected chi connectivity index (χ1v) is 7.25. The van der Waals surface area contributed by atoms with E-state index in [9.17, 15) is 14.7 Å². The highest BCUT2D eigenvalue weighted by Gasteiger charge is 2.21. The van der Waals surface area contributed by atoms with Crippen LogP contribution in [0.3, 0.4) is 0 Å². The third kappa shape index (κ3) is 2.61. The number of rotatable bonds is 3. The summed E-state index contributed by atoms with van der Waals surface area (Å²) in [7, 11) is 0. The molecule has 0 saturated carbocycles. The monoisotopic (exact) mass is 309 g/mol. The number of pyridine rings is 1. The maximum Gasteiger partial charge on any atom is 0.372 e.